The van der Waals surface area contributed by atoms with Crippen molar-refractivity contribution in [1.82, 2.24) is 16.0 Å². The van der Waals surface area contributed by atoms with E-state index in [1.54, 1.807) is 6.26 Å². The van der Waals surface area contributed by atoms with Crippen LogP contribution in [-0.2, 0) is 30.4 Å². The molecular formula is C24H37N5O8S. The van der Waals surface area contributed by atoms with Crippen LogP contribution in [0.3, 0.4) is 0 Å². The van der Waals surface area contributed by atoms with Gasteiger partial charge in [0, 0.05) is 6.42 Å². The molecule has 0 radical (unpaired) electrons. The average Bonchev–Trinajstić information content (AvgIpc) is 2.86. The molecule has 0 spiro atoms. The summed E-state index contributed by atoms with van der Waals surface area (Å²) in [6.07, 6.45) is 2.55. The highest BCUT2D eigenvalue weighted by molar-refractivity contribution is 7.98. The summed E-state index contributed by atoms with van der Waals surface area (Å²) in [5, 5.41) is 35.5. The van der Waals surface area contributed by atoms with E-state index < -0.39 is 60.2 Å². The van der Waals surface area contributed by atoms with Crippen LogP contribution < -0.4 is 27.4 Å². The van der Waals surface area contributed by atoms with Crippen molar-refractivity contribution in [1.29, 1.82) is 0 Å². The first-order valence-electron chi connectivity index (χ1n) is 12.1. The molecule has 0 saturated heterocycles. The minimum Gasteiger partial charge on any atom is -0.508 e. The Hall–Kier alpha value is -3.36. The molecule has 1 aromatic carbocycles. The van der Waals surface area contributed by atoms with Crippen molar-refractivity contribution in [2.24, 2.45) is 11.5 Å². The van der Waals surface area contributed by atoms with Gasteiger partial charge < -0.3 is 42.7 Å². The van der Waals surface area contributed by atoms with E-state index in [9.17, 15) is 39.3 Å². The number of amides is 3. The fraction of sp³-hybridized carbons (Fsp3) is 0.542. The van der Waals surface area contributed by atoms with Crippen LogP contribution in [0.15, 0.2) is 24.3 Å². The highest BCUT2D eigenvalue weighted by Crippen LogP contribution is 2.12. The van der Waals surface area contributed by atoms with Crippen molar-refractivity contribution < 1.29 is 39.3 Å². The number of carboxylic acid groups (broad SMARTS) is 2. The number of hydrogen-bond donors (Lipinski definition) is 8. The largest absolute Gasteiger partial charge is 0.508 e. The second-order valence-electron chi connectivity index (χ2n) is 8.66. The Morgan fingerprint density at radius 2 is 1.45 bits per heavy atom. The van der Waals surface area contributed by atoms with Crippen molar-refractivity contribution >= 4 is 41.4 Å². The number of nitrogens with one attached hydrogen (secondary N) is 3. The Kier molecular flexibility index (Phi) is 14.8. The van der Waals surface area contributed by atoms with Crippen molar-refractivity contribution in [2.75, 3.05) is 18.6 Å². The Labute approximate surface area is 225 Å². The number of unbranched alkanes of at least 4 members (excludes halogenated alkanes) is 1. The third-order valence-electron chi connectivity index (χ3n) is 5.55. The van der Waals surface area contributed by atoms with Gasteiger partial charge in [-0.3, -0.25) is 19.2 Å². The summed E-state index contributed by atoms with van der Waals surface area (Å²) in [5.41, 5.74) is 11.8. The van der Waals surface area contributed by atoms with Gasteiger partial charge in [-0.1, -0.05) is 18.6 Å². The molecule has 3 amide bonds. The van der Waals surface area contributed by atoms with Crippen LogP contribution in [0, 0.1) is 0 Å². The lowest BCUT2D eigenvalue weighted by Crippen LogP contribution is -2.58. The number of carboxylic acids is 2. The van der Waals surface area contributed by atoms with Gasteiger partial charge >= 0.3 is 11.9 Å². The van der Waals surface area contributed by atoms with Gasteiger partial charge in [0.05, 0.1) is 12.5 Å². The minimum absolute atomic E-state index is 0.0196. The number of thioether (sulfide) groups is 1. The number of nitrogens with two attached hydrogens (primary N) is 2. The zero-order valence-corrected chi connectivity index (χ0v) is 22.0. The second-order valence-corrected chi connectivity index (χ2v) is 9.65. The number of hydrogen-bond acceptors (Lipinski definition) is 9. The Balaban J connectivity index is 3.10. The lowest BCUT2D eigenvalue weighted by molar-refractivity contribution is -0.143. The molecule has 14 heteroatoms. The summed E-state index contributed by atoms with van der Waals surface area (Å²) in [5.74, 6) is -4.67. The monoisotopic (exact) mass is 555 g/mol. The maximum atomic E-state index is 13.1. The van der Waals surface area contributed by atoms with E-state index in [2.05, 4.69) is 16.0 Å². The molecule has 0 aliphatic carbocycles. The first-order chi connectivity index (χ1) is 18.0. The molecule has 0 fully saturated rings. The zero-order chi connectivity index (χ0) is 28.7. The predicted octanol–water partition coefficient (Wildman–Crippen LogP) is -0.842. The molecule has 1 rings (SSSR count). The first kappa shape index (κ1) is 32.7. The van der Waals surface area contributed by atoms with Gasteiger partial charge in [0.25, 0.3) is 0 Å². The van der Waals surface area contributed by atoms with Crippen LogP contribution in [0.2, 0.25) is 0 Å². The molecule has 212 valence electrons. The molecule has 0 bridgehead atoms. The third-order valence-corrected chi connectivity index (χ3v) is 6.20. The summed E-state index contributed by atoms with van der Waals surface area (Å²) in [6.45, 7) is 0.420. The fourth-order valence-electron chi connectivity index (χ4n) is 3.42. The maximum absolute atomic E-state index is 13.1. The summed E-state index contributed by atoms with van der Waals surface area (Å²) >= 11 is 1.40. The smallest absolute Gasteiger partial charge is 0.326 e. The molecule has 4 atom stereocenters. The quantitative estimate of drug-likeness (QED) is 0.104. The van der Waals surface area contributed by atoms with Gasteiger partial charge in [0.15, 0.2) is 0 Å². The third kappa shape index (κ3) is 12.3. The van der Waals surface area contributed by atoms with E-state index in [1.807, 2.05) is 0 Å². The number of phenolic OH excluding ortho intramolecular Hbond substituents is 1. The maximum Gasteiger partial charge on any atom is 0.326 e. The number of carbonyl (C=O) groups is 5. The molecule has 38 heavy (non-hydrogen) atoms. The van der Waals surface area contributed by atoms with E-state index in [0.29, 0.717) is 30.7 Å². The van der Waals surface area contributed by atoms with Crippen LogP contribution in [0.25, 0.3) is 0 Å². The number of aromatic hydroxyl groups is 1. The van der Waals surface area contributed by atoms with Crippen molar-refractivity contribution in [3.05, 3.63) is 29.8 Å². The van der Waals surface area contributed by atoms with Crippen LogP contribution >= 0.6 is 11.8 Å². The summed E-state index contributed by atoms with van der Waals surface area (Å²) in [4.78, 5) is 61.6. The highest BCUT2D eigenvalue weighted by Gasteiger charge is 2.31. The molecule has 4 unspecified atom stereocenters. The second kappa shape index (κ2) is 17.2. The van der Waals surface area contributed by atoms with E-state index in [1.165, 1.54) is 36.0 Å². The molecule has 0 heterocycles. The standard InChI is InChI=1S/C24H37N5O8S/c1-38-11-9-17(24(36)37)27-22(34)18(12-14-5-7-15(30)8-6-14)29-23(35)19(13-20(31)32)28-21(33)16(26)4-2-3-10-25/h5-8,16-19,30H,2-4,9-13,25-26H2,1H3,(H,27,34)(H,28,33)(H,29,35)(H,31,32)(H,36,37). The lowest BCUT2D eigenvalue weighted by atomic mass is 10.0. The molecule has 10 N–H and O–H groups in total. The normalized spacial score (nSPS) is 14.0. The average molecular weight is 556 g/mol. The van der Waals surface area contributed by atoms with Crippen molar-refractivity contribution in [2.45, 2.75) is 62.7 Å². The molecule has 1 aromatic rings. The van der Waals surface area contributed by atoms with Gasteiger partial charge in [0.1, 0.15) is 23.9 Å². The molecule has 0 saturated carbocycles. The van der Waals surface area contributed by atoms with Gasteiger partial charge in [-0.25, -0.2) is 4.79 Å². The van der Waals surface area contributed by atoms with E-state index in [0.717, 1.165) is 0 Å². The van der Waals surface area contributed by atoms with Crippen LogP contribution in [0.4, 0.5) is 0 Å². The van der Waals surface area contributed by atoms with Gasteiger partial charge in [0.2, 0.25) is 17.7 Å². The van der Waals surface area contributed by atoms with Crippen LogP contribution in [-0.4, -0.2) is 87.7 Å². The summed E-state index contributed by atoms with van der Waals surface area (Å²) in [6, 6.07) is 0.734. The van der Waals surface area contributed by atoms with E-state index in [4.69, 9.17) is 11.5 Å². The highest BCUT2D eigenvalue weighted by atomic mass is 32.2. The molecular weight excluding hydrogens is 518 g/mol. The number of rotatable bonds is 18. The molecule has 13 nitrogen and oxygen atoms in total. The number of benzene rings is 1. The van der Waals surface area contributed by atoms with Crippen molar-refractivity contribution in [3.8, 4) is 5.75 Å². The molecule has 0 aliphatic rings. The Morgan fingerprint density at radius 1 is 0.868 bits per heavy atom. The molecule has 0 aromatic heterocycles. The number of phenols is 1. The predicted molar refractivity (Wildman–Crippen MR) is 141 cm³/mol. The van der Waals surface area contributed by atoms with E-state index in [-0.39, 0.29) is 25.0 Å². The van der Waals surface area contributed by atoms with Crippen LogP contribution in [0.5, 0.6) is 5.75 Å². The van der Waals surface area contributed by atoms with Crippen molar-refractivity contribution in [3.63, 3.8) is 0 Å². The van der Waals surface area contributed by atoms with Crippen LogP contribution in [0.1, 0.15) is 37.7 Å². The number of aliphatic carboxylic acids is 2. The topological polar surface area (TPSA) is 234 Å². The summed E-state index contributed by atoms with van der Waals surface area (Å²) < 4.78 is 0. The van der Waals surface area contributed by atoms with Gasteiger partial charge in [-0.2, -0.15) is 11.8 Å². The Bertz CT molecular complexity index is 946. The van der Waals surface area contributed by atoms with Gasteiger partial charge in [-0.15, -0.1) is 0 Å². The first-order valence-corrected chi connectivity index (χ1v) is 13.5. The SMILES string of the molecule is CSCCC(NC(=O)C(Cc1ccc(O)cc1)NC(=O)C(CC(=O)O)NC(=O)C(N)CCCCN)C(=O)O. The number of carbonyl (C=O) groups excluding carboxylic acids is 3. The van der Waals surface area contributed by atoms with Gasteiger partial charge in [-0.05, 0) is 55.5 Å². The fourth-order valence-corrected chi connectivity index (χ4v) is 3.89. The molecule has 0 aliphatic heterocycles. The lowest BCUT2D eigenvalue weighted by Gasteiger charge is -2.25. The van der Waals surface area contributed by atoms with E-state index >= 15 is 0 Å². The summed E-state index contributed by atoms with van der Waals surface area (Å²) in [7, 11) is 0. The minimum atomic E-state index is -1.54. The zero-order valence-electron chi connectivity index (χ0n) is 21.2. The Morgan fingerprint density at radius 3 is 2.00 bits per heavy atom.